The molecular formula is C22H23ClN4O2. The van der Waals surface area contributed by atoms with E-state index in [0.717, 1.165) is 29.5 Å². The first kappa shape index (κ1) is 19.5. The second-order valence-electron chi connectivity index (χ2n) is 7.46. The molecule has 7 heteroatoms. The number of hydrogen-bond acceptors (Lipinski definition) is 3. The van der Waals surface area contributed by atoms with Crippen LogP contribution in [-0.2, 0) is 6.42 Å². The monoisotopic (exact) mass is 410 g/mol. The van der Waals surface area contributed by atoms with Crippen molar-refractivity contribution in [2.75, 3.05) is 13.1 Å². The number of hydrogen-bond donors (Lipinski definition) is 1. The molecule has 0 saturated carbocycles. The van der Waals surface area contributed by atoms with Crippen LogP contribution in [-0.4, -0.2) is 33.8 Å². The van der Waals surface area contributed by atoms with Crippen molar-refractivity contribution in [2.45, 2.75) is 31.7 Å². The molecule has 0 bridgehead atoms. The molecule has 0 radical (unpaired) electrons. The van der Waals surface area contributed by atoms with Gasteiger partial charge in [0.1, 0.15) is 0 Å². The van der Waals surface area contributed by atoms with Gasteiger partial charge in [-0.1, -0.05) is 41.9 Å². The Morgan fingerprint density at radius 3 is 2.52 bits per heavy atom. The van der Waals surface area contributed by atoms with E-state index in [2.05, 4.69) is 0 Å². The Morgan fingerprint density at radius 1 is 1.07 bits per heavy atom. The Kier molecular flexibility index (Phi) is 5.53. The van der Waals surface area contributed by atoms with E-state index in [1.165, 1.54) is 0 Å². The van der Waals surface area contributed by atoms with Gasteiger partial charge in [-0.3, -0.25) is 4.79 Å². The number of carbonyl (C=O) groups excluding carboxylic acids is 1. The molecule has 1 saturated heterocycles. The first-order valence-electron chi connectivity index (χ1n) is 9.82. The van der Waals surface area contributed by atoms with Gasteiger partial charge in [0.05, 0.1) is 17.1 Å². The lowest BCUT2D eigenvalue weighted by Gasteiger charge is -2.20. The zero-order valence-corrected chi connectivity index (χ0v) is 16.8. The topological polar surface area (TPSA) is 81.2 Å². The molecule has 150 valence electrons. The van der Waals surface area contributed by atoms with E-state index in [9.17, 15) is 9.59 Å². The Balaban J connectivity index is 1.74. The van der Waals surface area contributed by atoms with E-state index in [0.29, 0.717) is 36.3 Å². The minimum atomic E-state index is -0.409. The number of carbonyl (C=O) groups is 1. The molecule has 4 rings (SSSR count). The fourth-order valence-corrected chi connectivity index (χ4v) is 4.12. The molecule has 1 unspecified atom stereocenters. The average Bonchev–Trinajstić information content (AvgIpc) is 2.98. The van der Waals surface area contributed by atoms with Gasteiger partial charge in [-0.25, -0.2) is 9.48 Å². The molecule has 0 aliphatic carbocycles. The Labute approximate surface area is 173 Å². The van der Waals surface area contributed by atoms with Crippen LogP contribution in [0, 0.1) is 0 Å². The number of fused-ring (bicyclic) bond motifs is 1. The largest absolute Gasteiger partial charge is 0.351 e. The molecule has 1 aromatic heterocycles. The number of primary amides is 1. The molecule has 3 aromatic rings. The van der Waals surface area contributed by atoms with Gasteiger partial charge in [-0.2, -0.15) is 5.10 Å². The van der Waals surface area contributed by atoms with Gasteiger partial charge in [-0.15, -0.1) is 0 Å². The Bertz CT molecular complexity index is 1090. The number of amides is 2. The number of likely N-dealkylation sites (tertiary alicyclic amines) is 1. The quantitative estimate of drug-likeness (QED) is 0.714. The first-order valence-corrected chi connectivity index (χ1v) is 10.2. The lowest BCUT2D eigenvalue weighted by Crippen LogP contribution is -2.36. The summed E-state index contributed by atoms with van der Waals surface area (Å²) in [5.74, 6) is 0. The number of halogens is 1. The summed E-state index contributed by atoms with van der Waals surface area (Å²) in [5, 5.41) is 7.02. The van der Waals surface area contributed by atoms with Gasteiger partial charge < -0.3 is 10.6 Å². The smallest absolute Gasteiger partial charge is 0.314 e. The zero-order valence-electron chi connectivity index (χ0n) is 16.1. The third-order valence-corrected chi connectivity index (χ3v) is 5.80. The van der Waals surface area contributed by atoms with Crippen molar-refractivity contribution in [3.8, 4) is 0 Å². The molecule has 1 atom stereocenters. The van der Waals surface area contributed by atoms with E-state index in [1.54, 1.807) is 9.58 Å². The van der Waals surface area contributed by atoms with Crippen LogP contribution < -0.4 is 11.3 Å². The van der Waals surface area contributed by atoms with Crippen molar-refractivity contribution < 1.29 is 4.79 Å². The van der Waals surface area contributed by atoms with Crippen LogP contribution in [0.15, 0.2) is 53.3 Å². The Morgan fingerprint density at radius 2 is 1.79 bits per heavy atom. The molecule has 0 spiro atoms. The van der Waals surface area contributed by atoms with Gasteiger partial charge in [0.2, 0.25) is 0 Å². The van der Waals surface area contributed by atoms with Crippen molar-refractivity contribution in [3.05, 3.63) is 75.2 Å². The summed E-state index contributed by atoms with van der Waals surface area (Å²) < 4.78 is 1.62. The average molecular weight is 411 g/mol. The maximum absolute atomic E-state index is 13.2. The van der Waals surface area contributed by atoms with E-state index < -0.39 is 6.03 Å². The predicted molar refractivity (Wildman–Crippen MR) is 114 cm³/mol. The Hall–Kier alpha value is -2.86. The lowest BCUT2D eigenvalue weighted by molar-refractivity contribution is 0.208. The lowest BCUT2D eigenvalue weighted by atomic mass is 10.0. The van der Waals surface area contributed by atoms with Crippen LogP contribution in [0.25, 0.3) is 10.8 Å². The molecule has 2 N–H and O–H groups in total. The SMILES string of the molecule is NC(=O)N1CCCC(n2nc(Cc3ccc(Cl)cc3)c3ccccc3c2=O)CC1. The second kappa shape index (κ2) is 8.25. The summed E-state index contributed by atoms with van der Waals surface area (Å²) in [4.78, 5) is 26.3. The third kappa shape index (κ3) is 4.12. The minimum Gasteiger partial charge on any atom is -0.351 e. The van der Waals surface area contributed by atoms with E-state index in [4.69, 9.17) is 22.4 Å². The molecule has 2 aromatic carbocycles. The maximum atomic E-state index is 13.2. The molecule has 29 heavy (non-hydrogen) atoms. The van der Waals surface area contributed by atoms with Gasteiger partial charge >= 0.3 is 6.03 Å². The molecule has 1 fully saturated rings. The fraction of sp³-hybridized carbons (Fsp3) is 0.318. The summed E-state index contributed by atoms with van der Waals surface area (Å²) in [7, 11) is 0. The van der Waals surface area contributed by atoms with Gasteiger partial charge in [0, 0.05) is 29.9 Å². The minimum absolute atomic E-state index is 0.0552. The molecule has 6 nitrogen and oxygen atoms in total. The molecule has 2 heterocycles. The molecule has 1 aliphatic rings. The van der Waals surface area contributed by atoms with Crippen LogP contribution in [0.1, 0.15) is 36.6 Å². The van der Waals surface area contributed by atoms with Crippen LogP contribution in [0.3, 0.4) is 0 Å². The standard InChI is InChI=1S/C22H23ClN4O2/c23-16-9-7-15(8-10-16)14-20-18-5-1-2-6-19(18)21(28)27(25-20)17-4-3-12-26(13-11-17)22(24)29/h1-2,5-10,17H,3-4,11-14H2,(H2,24,29). The van der Waals surface area contributed by atoms with Crippen molar-refractivity contribution in [1.29, 1.82) is 0 Å². The number of nitrogens with two attached hydrogens (primary N) is 1. The van der Waals surface area contributed by atoms with Crippen molar-refractivity contribution in [2.24, 2.45) is 5.73 Å². The van der Waals surface area contributed by atoms with Gasteiger partial charge in [0.25, 0.3) is 5.56 Å². The molecule has 2 amide bonds. The number of urea groups is 1. The predicted octanol–water partition coefficient (Wildman–Crippen LogP) is 3.75. The number of nitrogens with zero attached hydrogens (tertiary/aromatic N) is 3. The first-order chi connectivity index (χ1) is 14.0. The van der Waals surface area contributed by atoms with Crippen molar-refractivity contribution in [3.63, 3.8) is 0 Å². The van der Waals surface area contributed by atoms with Crippen LogP contribution in [0.5, 0.6) is 0 Å². The van der Waals surface area contributed by atoms with E-state index in [1.807, 2.05) is 48.5 Å². The van der Waals surface area contributed by atoms with E-state index in [-0.39, 0.29) is 11.6 Å². The van der Waals surface area contributed by atoms with Crippen LogP contribution >= 0.6 is 11.6 Å². The van der Waals surface area contributed by atoms with Crippen molar-refractivity contribution in [1.82, 2.24) is 14.7 Å². The third-order valence-electron chi connectivity index (χ3n) is 5.54. The molecule has 1 aliphatic heterocycles. The van der Waals surface area contributed by atoms with Gasteiger partial charge in [-0.05, 0) is 43.0 Å². The number of benzene rings is 2. The summed E-state index contributed by atoms with van der Waals surface area (Å²) >= 11 is 6.01. The zero-order chi connectivity index (χ0) is 20.4. The normalized spacial score (nSPS) is 17.3. The number of aromatic nitrogens is 2. The summed E-state index contributed by atoms with van der Waals surface area (Å²) in [6, 6.07) is 14.8. The van der Waals surface area contributed by atoms with E-state index >= 15 is 0 Å². The highest BCUT2D eigenvalue weighted by atomic mass is 35.5. The van der Waals surface area contributed by atoms with Crippen LogP contribution in [0.4, 0.5) is 4.79 Å². The fourth-order valence-electron chi connectivity index (χ4n) is 3.99. The van der Waals surface area contributed by atoms with Gasteiger partial charge in [0.15, 0.2) is 0 Å². The summed E-state index contributed by atoms with van der Waals surface area (Å²) in [6.45, 7) is 1.15. The number of rotatable bonds is 3. The highest BCUT2D eigenvalue weighted by Gasteiger charge is 2.23. The molecular weight excluding hydrogens is 388 g/mol. The van der Waals surface area contributed by atoms with Crippen LogP contribution in [0.2, 0.25) is 5.02 Å². The summed E-state index contributed by atoms with van der Waals surface area (Å²) in [5.41, 5.74) is 7.30. The maximum Gasteiger partial charge on any atom is 0.314 e. The van der Waals surface area contributed by atoms with Crippen molar-refractivity contribution >= 4 is 28.4 Å². The highest BCUT2D eigenvalue weighted by Crippen LogP contribution is 2.24. The highest BCUT2D eigenvalue weighted by molar-refractivity contribution is 6.30. The second-order valence-corrected chi connectivity index (χ2v) is 7.89. The summed E-state index contributed by atoms with van der Waals surface area (Å²) in [6.07, 6.45) is 2.85.